The summed E-state index contributed by atoms with van der Waals surface area (Å²) in [5.41, 5.74) is 6.05. The first-order valence-corrected chi connectivity index (χ1v) is 8.02. The molecule has 1 unspecified atom stereocenters. The summed E-state index contributed by atoms with van der Waals surface area (Å²) in [6, 6.07) is 7.88. The van der Waals surface area contributed by atoms with Crippen molar-refractivity contribution in [1.29, 1.82) is 0 Å². The Bertz CT molecular complexity index is 568. The summed E-state index contributed by atoms with van der Waals surface area (Å²) >= 11 is 7.51. The van der Waals surface area contributed by atoms with E-state index >= 15 is 0 Å². The minimum absolute atomic E-state index is 0.159. The van der Waals surface area contributed by atoms with Crippen LogP contribution in [0.25, 0.3) is 0 Å². The molecular weight excluding hydrogens is 294 g/mol. The number of benzene rings is 1. The van der Waals surface area contributed by atoms with Crippen LogP contribution in [0.4, 0.5) is 0 Å². The van der Waals surface area contributed by atoms with E-state index in [-0.39, 0.29) is 6.04 Å². The second-order valence-electron chi connectivity index (χ2n) is 5.05. The summed E-state index contributed by atoms with van der Waals surface area (Å²) in [7, 11) is 0. The zero-order valence-corrected chi connectivity index (χ0v) is 12.5. The van der Waals surface area contributed by atoms with Gasteiger partial charge in [-0.25, -0.2) is 0 Å². The van der Waals surface area contributed by atoms with Crippen molar-refractivity contribution in [3.63, 3.8) is 0 Å². The van der Waals surface area contributed by atoms with Crippen LogP contribution in [0.2, 0.25) is 5.02 Å². The molecule has 106 valence electrons. The molecule has 20 heavy (non-hydrogen) atoms. The molecule has 3 rings (SSSR count). The van der Waals surface area contributed by atoms with Gasteiger partial charge in [-0.05, 0) is 43.0 Å². The molecule has 1 saturated carbocycles. The number of thioether (sulfide) groups is 1. The molecule has 0 spiro atoms. The van der Waals surface area contributed by atoms with Gasteiger partial charge >= 0.3 is 0 Å². The Hall–Kier alpha value is -1.04. The summed E-state index contributed by atoms with van der Waals surface area (Å²) < 4.78 is 5.25. The van der Waals surface area contributed by atoms with Crippen molar-refractivity contribution >= 4 is 23.4 Å². The van der Waals surface area contributed by atoms with Crippen LogP contribution >= 0.6 is 23.4 Å². The standard InChI is InChI=1S/C14H16ClN3OS/c15-10-3-5-11(6-4-10)20-8-13-17-14(19-18-13)7-12(16)9-1-2-9/h3-6,9,12H,1-2,7-8,16H2. The highest BCUT2D eigenvalue weighted by Crippen LogP contribution is 2.32. The number of halogens is 1. The van der Waals surface area contributed by atoms with Gasteiger partial charge in [0.05, 0.1) is 5.75 Å². The van der Waals surface area contributed by atoms with Crippen molar-refractivity contribution in [2.24, 2.45) is 11.7 Å². The van der Waals surface area contributed by atoms with Gasteiger partial charge in [0.1, 0.15) is 0 Å². The van der Waals surface area contributed by atoms with E-state index < -0.39 is 0 Å². The average molecular weight is 310 g/mol. The molecule has 0 aliphatic heterocycles. The maximum absolute atomic E-state index is 6.05. The van der Waals surface area contributed by atoms with Crippen LogP contribution in [0.15, 0.2) is 33.7 Å². The quantitative estimate of drug-likeness (QED) is 0.829. The van der Waals surface area contributed by atoms with Gasteiger partial charge in [-0.3, -0.25) is 0 Å². The fourth-order valence-corrected chi connectivity index (χ4v) is 2.87. The van der Waals surface area contributed by atoms with E-state index in [9.17, 15) is 0 Å². The van der Waals surface area contributed by atoms with E-state index in [1.54, 1.807) is 11.8 Å². The lowest BCUT2D eigenvalue weighted by Gasteiger charge is -2.04. The monoisotopic (exact) mass is 309 g/mol. The second-order valence-corrected chi connectivity index (χ2v) is 6.54. The topological polar surface area (TPSA) is 64.9 Å². The molecule has 2 N–H and O–H groups in total. The molecule has 1 fully saturated rings. The number of hydrogen-bond acceptors (Lipinski definition) is 5. The highest BCUT2D eigenvalue weighted by molar-refractivity contribution is 7.98. The van der Waals surface area contributed by atoms with Gasteiger partial charge in [-0.15, -0.1) is 11.8 Å². The van der Waals surface area contributed by atoms with Crippen LogP contribution < -0.4 is 5.73 Å². The van der Waals surface area contributed by atoms with Gasteiger partial charge in [0.2, 0.25) is 5.89 Å². The van der Waals surface area contributed by atoms with Gasteiger partial charge < -0.3 is 10.3 Å². The number of rotatable bonds is 6. The molecule has 1 heterocycles. The summed E-state index contributed by atoms with van der Waals surface area (Å²) in [5, 5.41) is 4.73. The van der Waals surface area contributed by atoms with E-state index in [1.165, 1.54) is 12.8 Å². The van der Waals surface area contributed by atoms with E-state index in [0.717, 1.165) is 9.92 Å². The summed E-state index contributed by atoms with van der Waals surface area (Å²) in [6.07, 6.45) is 3.15. The molecule has 4 nitrogen and oxygen atoms in total. The van der Waals surface area contributed by atoms with Gasteiger partial charge in [0.25, 0.3) is 0 Å². The number of nitrogens with two attached hydrogens (primary N) is 1. The van der Waals surface area contributed by atoms with Crippen LogP contribution in [0.1, 0.15) is 24.6 Å². The van der Waals surface area contributed by atoms with Gasteiger partial charge in [0, 0.05) is 22.4 Å². The molecule has 0 amide bonds. The fourth-order valence-electron chi connectivity index (χ4n) is 2.00. The molecule has 1 aliphatic rings. The first-order chi connectivity index (χ1) is 9.70. The number of aromatic nitrogens is 2. The highest BCUT2D eigenvalue weighted by Gasteiger charge is 2.29. The summed E-state index contributed by atoms with van der Waals surface area (Å²) in [5.74, 6) is 2.69. The van der Waals surface area contributed by atoms with E-state index in [0.29, 0.717) is 29.8 Å². The maximum Gasteiger partial charge on any atom is 0.228 e. The maximum atomic E-state index is 6.05. The minimum atomic E-state index is 0.159. The fraction of sp³-hybridized carbons (Fsp3) is 0.429. The second kappa shape index (κ2) is 6.16. The molecule has 0 radical (unpaired) electrons. The predicted molar refractivity (Wildman–Crippen MR) is 79.7 cm³/mol. The largest absolute Gasteiger partial charge is 0.339 e. The van der Waals surface area contributed by atoms with Crippen molar-refractivity contribution in [3.8, 4) is 0 Å². The third-order valence-electron chi connectivity index (χ3n) is 3.33. The van der Waals surface area contributed by atoms with Crippen molar-refractivity contribution in [3.05, 3.63) is 41.0 Å². The van der Waals surface area contributed by atoms with E-state index in [2.05, 4.69) is 10.1 Å². The Balaban J connectivity index is 1.52. The molecule has 0 bridgehead atoms. The minimum Gasteiger partial charge on any atom is -0.339 e. The molecule has 1 atom stereocenters. The first-order valence-electron chi connectivity index (χ1n) is 6.66. The number of nitrogens with zero attached hydrogens (tertiary/aromatic N) is 2. The van der Waals surface area contributed by atoms with Crippen molar-refractivity contribution in [1.82, 2.24) is 10.1 Å². The van der Waals surface area contributed by atoms with Gasteiger partial charge in [0.15, 0.2) is 5.82 Å². The lowest BCUT2D eigenvalue weighted by molar-refractivity contribution is 0.360. The zero-order valence-electron chi connectivity index (χ0n) is 11.0. The van der Waals surface area contributed by atoms with Crippen molar-refractivity contribution in [2.75, 3.05) is 0 Å². The van der Waals surface area contributed by atoms with Crippen molar-refractivity contribution < 1.29 is 4.52 Å². The van der Waals surface area contributed by atoms with E-state index in [4.69, 9.17) is 21.9 Å². The Labute approximate surface area is 127 Å². The normalized spacial score (nSPS) is 16.3. The third-order valence-corrected chi connectivity index (χ3v) is 4.59. The molecular formula is C14H16ClN3OS. The Morgan fingerprint density at radius 1 is 1.35 bits per heavy atom. The van der Waals surface area contributed by atoms with E-state index in [1.807, 2.05) is 24.3 Å². The molecule has 0 saturated heterocycles. The molecule has 6 heteroatoms. The van der Waals surface area contributed by atoms with Crippen LogP contribution in [0.3, 0.4) is 0 Å². The lowest BCUT2D eigenvalue weighted by atomic mass is 10.1. The number of hydrogen-bond donors (Lipinski definition) is 1. The zero-order chi connectivity index (χ0) is 13.9. The van der Waals surface area contributed by atoms with Gasteiger partial charge in [-0.2, -0.15) is 4.98 Å². The lowest BCUT2D eigenvalue weighted by Crippen LogP contribution is -2.25. The van der Waals surface area contributed by atoms with Gasteiger partial charge in [-0.1, -0.05) is 16.8 Å². The molecule has 1 aromatic heterocycles. The molecule has 1 aliphatic carbocycles. The first kappa shape index (κ1) is 13.9. The highest BCUT2D eigenvalue weighted by atomic mass is 35.5. The predicted octanol–water partition coefficient (Wildman–Crippen LogP) is 3.30. The van der Waals surface area contributed by atoms with Crippen LogP contribution in [-0.4, -0.2) is 16.2 Å². The average Bonchev–Trinajstić information content (AvgIpc) is 3.20. The van der Waals surface area contributed by atoms with Crippen LogP contribution in [0.5, 0.6) is 0 Å². The molecule has 1 aromatic carbocycles. The SMILES string of the molecule is NC(Cc1nc(CSc2ccc(Cl)cc2)no1)C1CC1. The van der Waals surface area contributed by atoms with Crippen LogP contribution in [-0.2, 0) is 12.2 Å². The van der Waals surface area contributed by atoms with Crippen molar-refractivity contribution in [2.45, 2.75) is 36.0 Å². The van der Waals surface area contributed by atoms with Crippen LogP contribution in [0, 0.1) is 5.92 Å². The summed E-state index contributed by atoms with van der Waals surface area (Å²) in [6.45, 7) is 0. The Morgan fingerprint density at radius 3 is 2.80 bits per heavy atom. The summed E-state index contributed by atoms with van der Waals surface area (Å²) in [4.78, 5) is 5.52. The smallest absolute Gasteiger partial charge is 0.228 e. The molecule has 2 aromatic rings. The Kier molecular flexibility index (Phi) is 4.29. The Morgan fingerprint density at radius 2 is 2.10 bits per heavy atom. The third kappa shape index (κ3) is 3.75.